The number of carbonyl (C=O) groups is 1. The Labute approximate surface area is 141 Å². The smallest absolute Gasteiger partial charge is 0.227 e. The summed E-state index contributed by atoms with van der Waals surface area (Å²) in [6.07, 6.45) is 2.08. The highest BCUT2D eigenvalue weighted by Crippen LogP contribution is 2.25. The van der Waals surface area contributed by atoms with E-state index in [0.29, 0.717) is 26.2 Å². The van der Waals surface area contributed by atoms with Gasteiger partial charge >= 0.3 is 0 Å². The second-order valence-electron chi connectivity index (χ2n) is 6.12. The molecule has 3 rings (SSSR count). The largest absolute Gasteiger partial charge is 0.496 e. The van der Waals surface area contributed by atoms with Gasteiger partial charge in [-0.25, -0.2) is 4.98 Å². The Morgan fingerprint density at radius 2 is 2.29 bits per heavy atom. The van der Waals surface area contributed by atoms with E-state index >= 15 is 0 Å². The van der Waals surface area contributed by atoms with Crippen LogP contribution in [0, 0.1) is 13.8 Å². The summed E-state index contributed by atoms with van der Waals surface area (Å²) in [5, 5.41) is 0. The highest BCUT2D eigenvalue weighted by Gasteiger charge is 2.30. The van der Waals surface area contributed by atoms with E-state index in [0.717, 1.165) is 28.4 Å². The molecular weight excluding hydrogens is 306 g/mol. The molecule has 24 heavy (non-hydrogen) atoms. The van der Waals surface area contributed by atoms with Crippen LogP contribution in [0.2, 0.25) is 0 Å². The molecule has 2 aromatic rings. The van der Waals surface area contributed by atoms with Gasteiger partial charge in [-0.2, -0.15) is 0 Å². The van der Waals surface area contributed by atoms with Crippen LogP contribution in [0.1, 0.15) is 28.7 Å². The van der Waals surface area contributed by atoms with Crippen molar-refractivity contribution >= 4 is 5.91 Å². The minimum atomic E-state index is -0.171. The minimum absolute atomic E-state index is 0.0567. The molecule has 0 spiro atoms. The fourth-order valence-corrected chi connectivity index (χ4v) is 3.04. The molecule has 1 saturated heterocycles. The van der Waals surface area contributed by atoms with E-state index in [1.165, 1.54) is 0 Å². The number of benzene rings is 1. The first-order valence-electron chi connectivity index (χ1n) is 8.10. The SMILES string of the molecule is COc1ccc(C)cc1CC(=O)N1CCOC[C@H]1c1ncc(C)[nH]1. The number of hydrogen-bond donors (Lipinski definition) is 1. The molecular formula is C18H23N3O3. The molecule has 1 atom stereocenters. The Hall–Kier alpha value is -2.34. The molecule has 0 saturated carbocycles. The molecule has 0 bridgehead atoms. The quantitative estimate of drug-likeness (QED) is 0.933. The first kappa shape index (κ1) is 16.5. The highest BCUT2D eigenvalue weighted by molar-refractivity contribution is 5.80. The fourth-order valence-electron chi connectivity index (χ4n) is 3.04. The van der Waals surface area contributed by atoms with Crippen molar-refractivity contribution in [1.82, 2.24) is 14.9 Å². The van der Waals surface area contributed by atoms with E-state index in [1.54, 1.807) is 13.3 Å². The summed E-state index contributed by atoms with van der Waals surface area (Å²) in [6.45, 7) is 5.54. The molecule has 1 aromatic heterocycles. The molecule has 6 heteroatoms. The minimum Gasteiger partial charge on any atom is -0.496 e. The molecule has 0 unspecified atom stereocenters. The molecule has 6 nitrogen and oxygen atoms in total. The van der Waals surface area contributed by atoms with Crippen LogP contribution in [-0.2, 0) is 16.0 Å². The molecule has 1 N–H and O–H groups in total. The summed E-state index contributed by atoms with van der Waals surface area (Å²) >= 11 is 0. The molecule has 1 amide bonds. The standard InChI is InChI=1S/C18H23N3O3/c1-12-4-5-16(23-3)14(8-12)9-17(22)21-6-7-24-11-15(21)18-19-10-13(2)20-18/h4-5,8,10,15H,6-7,9,11H2,1-3H3,(H,19,20)/t15-/m0/s1. The Morgan fingerprint density at radius 1 is 1.46 bits per heavy atom. The van der Waals surface area contributed by atoms with Crippen LogP contribution >= 0.6 is 0 Å². The van der Waals surface area contributed by atoms with Gasteiger partial charge in [-0.15, -0.1) is 0 Å². The number of aromatic nitrogens is 2. The summed E-state index contributed by atoms with van der Waals surface area (Å²) in [5.74, 6) is 1.57. The number of aryl methyl sites for hydroxylation is 2. The number of hydrogen-bond acceptors (Lipinski definition) is 4. The third-order valence-corrected chi connectivity index (χ3v) is 4.26. The Balaban J connectivity index is 1.81. The Kier molecular flexibility index (Phi) is 4.85. The van der Waals surface area contributed by atoms with E-state index in [4.69, 9.17) is 9.47 Å². The highest BCUT2D eigenvalue weighted by atomic mass is 16.5. The topological polar surface area (TPSA) is 67.4 Å². The van der Waals surface area contributed by atoms with Gasteiger partial charge in [-0.1, -0.05) is 17.7 Å². The van der Waals surface area contributed by atoms with Gasteiger partial charge in [-0.05, 0) is 19.9 Å². The molecule has 1 aliphatic rings. The number of nitrogens with one attached hydrogen (secondary N) is 1. The molecule has 128 valence electrons. The second kappa shape index (κ2) is 7.05. The van der Waals surface area contributed by atoms with Crippen molar-refractivity contribution in [3.63, 3.8) is 0 Å². The molecule has 2 heterocycles. The summed E-state index contributed by atoms with van der Waals surface area (Å²) in [5.41, 5.74) is 2.99. The third kappa shape index (κ3) is 3.43. The number of aromatic amines is 1. The number of amides is 1. The number of morpholine rings is 1. The van der Waals surface area contributed by atoms with E-state index in [9.17, 15) is 4.79 Å². The van der Waals surface area contributed by atoms with Crippen LogP contribution in [0.4, 0.5) is 0 Å². The van der Waals surface area contributed by atoms with Crippen molar-refractivity contribution in [2.24, 2.45) is 0 Å². The summed E-state index contributed by atoms with van der Waals surface area (Å²) in [6, 6.07) is 5.72. The van der Waals surface area contributed by atoms with Gasteiger partial charge in [0, 0.05) is 24.0 Å². The van der Waals surface area contributed by atoms with Gasteiger partial charge in [0.15, 0.2) is 0 Å². The molecule has 1 aliphatic heterocycles. The average Bonchev–Trinajstić information content (AvgIpc) is 3.01. The predicted molar refractivity (Wildman–Crippen MR) is 90.0 cm³/mol. The Morgan fingerprint density at radius 3 is 3.00 bits per heavy atom. The average molecular weight is 329 g/mol. The van der Waals surface area contributed by atoms with Crippen LogP contribution < -0.4 is 4.74 Å². The number of nitrogens with zero attached hydrogens (tertiary/aromatic N) is 2. The number of carbonyl (C=O) groups excluding carboxylic acids is 1. The maximum atomic E-state index is 12.9. The van der Waals surface area contributed by atoms with Crippen molar-refractivity contribution in [2.75, 3.05) is 26.9 Å². The number of methoxy groups -OCH3 is 1. The first-order chi connectivity index (χ1) is 11.6. The third-order valence-electron chi connectivity index (χ3n) is 4.26. The first-order valence-corrected chi connectivity index (χ1v) is 8.10. The van der Waals surface area contributed by atoms with Gasteiger partial charge in [0.05, 0.1) is 26.7 Å². The van der Waals surface area contributed by atoms with E-state index in [1.807, 2.05) is 36.9 Å². The zero-order valence-electron chi connectivity index (χ0n) is 14.3. The van der Waals surface area contributed by atoms with Crippen molar-refractivity contribution < 1.29 is 14.3 Å². The molecule has 0 aliphatic carbocycles. The van der Waals surface area contributed by atoms with Crippen LogP contribution in [-0.4, -0.2) is 47.6 Å². The van der Waals surface area contributed by atoms with Crippen molar-refractivity contribution in [3.8, 4) is 5.75 Å². The predicted octanol–water partition coefficient (Wildman–Crippen LogP) is 2.18. The monoisotopic (exact) mass is 329 g/mol. The lowest BCUT2D eigenvalue weighted by Crippen LogP contribution is -2.44. The van der Waals surface area contributed by atoms with Crippen molar-refractivity contribution in [2.45, 2.75) is 26.3 Å². The molecule has 1 aromatic carbocycles. The van der Waals surface area contributed by atoms with E-state index < -0.39 is 0 Å². The van der Waals surface area contributed by atoms with Crippen LogP contribution in [0.25, 0.3) is 0 Å². The zero-order valence-corrected chi connectivity index (χ0v) is 14.3. The Bertz CT molecular complexity index is 726. The van der Waals surface area contributed by atoms with Crippen LogP contribution in [0.5, 0.6) is 5.75 Å². The number of H-pyrrole nitrogens is 1. The number of ether oxygens (including phenoxy) is 2. The summed E-state index contributed by atoms with van der Waals surface area (Å²) in [7, 11) is 1.63. The lowest BCUT2D eigenvalue weighted by molar-refractivity contribution is -0.139. The van der Waals surface area contributed by atoms with Crippen molar-refractivity contribution in [1.29, 1.82) is 0 Å². The van der Waals surface area contributed by atoms with Crippen LogP contribution in [0.15, 0.2) is 24.4 Å². The lowest BCUT2D eigenvalue weighted by Gasteiger charge is -2.34. The number of rotatable bonds is 4. The summed E-state index contributed by atoms with van der Waals surface area (Å²) in [4.78, 5) is 22.4. The zero-order chi connectivity index (χ0) is 17.1. The van der Waals surface area contributed by atoms with Gasteiger partial charge in [0.25, 0.3) is 0 Å². The fraction of sp³-hybridized carbons (Fsp3) is 0.444. The maximum Gasteiger partial charge on any atom is 0.227 e. The van der Waals surface area contributed by atoms with Gasteiger partial charge < -0.3 is 19.4 Å². The summed E-state index contributed by atoms with van der Waals surface area (Å²) < 4.78 is 11.0. The van der Waals surface area contributed by atoms with Gasteiger partial charge in [-0.3, -0.25) is 4.79 Å². The molecule has 1 fully saturated rings. The van der Waals surface area contributed by atoms with E-state index in [-0.39, 0.29) is 11.9 Å². The van der Waals surface area contributed by atoms with Gasteiger partial charge in [0.1, 0.15) is 17.6 Å². The van der Waals surface area contributed by atoms with E-state index in [2.05, 4.69) is 9.97 Å². The van der Waals surface area contributed by atoms with Crippen molar-refractivity contribution in [3.05, 3.63) is 47.0 Å². The second-order valence-corrected chi connectivity index (χ2v) is 6.12. The maximum absolute atomic E-state index is 12.9. The normalized spacial score (nSPS) is 17.8. The molecule has 0 radical (unpaired) electrons. The lowest BCUT2D eigenvalue weighted by atomic mass is 10.1. The number of imidazole rings is 1. The van der Waals surface area contributed by atoms with Crippen LogP contribution in [0.3, 0.4) is 0 Å². The van der Waals surface area contributed by atoms with Gasteiger partial charge in [0.2, 0.25) is 5.91 Å².